The number of nitrogens with zero attached hydrogens (tertiary/aromatic N) is 5. The first-order valence-electron chi connectivity index (χ1n) is 9.52. The third-order valence-corrected chi connectivity index (χ3v) is 6.22. The summed E-state index contributed by atoms with van der Waals surface area (Å²) < 4.78 is 1.89. The van der Waals surface area contributed by atoms with Crippen LogP contribution in [0.15, 0.2) is 29.6 Å². The van der Waals surface area contributed by atoms with E-state index in [0.29, 0.717) is 25.4 Å². The van der Waals surface area contributed by atoms with Crippen LogP contribution in [0.2, 0.25) is 0 Å². The van der Waals surface area contributed by atoms with Gasteiger partial charge in [0.1, 0.15) is 0 Å². The van der Waals surface area contributed by atoms with E-state index in [0.717, 1.165) is 49.8 Å². The van der Waals surface area contributed by atoms with Gasteiger partial charge < -0.3 is 14.7 Å². The highest BCUT2D eigenvalue weighted by Gasteiger charge is 2.28. The van der Waals surface area contributed by atoms with Crippen molar-refractivity contribution in [2.24, 2.45) is 0 Å². The zero-order valence-corrected chi connectivity index (χ0v) is 16.2. The molecule has 2 aromatic heterocycles. The maximum atomic E-state index is 12.5. The van der Waals surface area contributed by atoms with Gasteiger partial charge in [-0.3, -0.25) is 14.0 Å². The van der Waals surface area contributed by atoms with Gasteiger partial charge in [0.2, 0.25) is 5.91 Å². The van der Waals surface area contributed by atoms with Crippen LogP contribution in [-0.2, 0) is 9.59 Å². The highest BCUT2D eigenvalue weighted by molar-refractivity contribution is 7.99. The summed E-state index contributed by atoms with van der Waals surface area (Å²) in [5, 5.41) is 9.00. The molecule has 0 aliphatic carbocycles. The molecule has 2 aliphatic heterocycles. The van der Waals surface area contributed by atoms with Gasteiger partial charge in [0.05, 0.1) is 31.9 Å². The Kier molecular flexibility index (Phi) is 5.58. The van der Waals surface area contributed by atoms with Crippen LogP contribution in [0.5, 0.6) is 0 Å². The number of carbonyl (C=O) groups excluding carboxylic acids is 2. The summed E-state index contributed by atoms with van der Waals surface area (Å²) in [7, 11) is 0. The van der Waals surface area contributed by atoms with Crippen molar-refractivity contribution in [1.82, 2.24) is 24.4 Å². The molecule has 0 unspecified atom stereocenters. The number of aromatic nitrogens is 3. The second-order valence-electron chi connectivity index (χ2n) is 7.10. The summed E-state index contributed by atoms with van der Waals surface area (Å²) in [6, 6.07) is 5.73. The highest BCUT2D eigenvalue weighted by Crippen LogP contribution is 2.17. The molecule has 4 heterocycles. The van der Waals surface area contributed by atoms with E-state index in [1.165, 1.54) is 16.7 Å². The molecule has 2 aliphatic rings. The van der Waals surface area contributed by atoms with E-state index in [1.54, 1.807) is 0 Å². The smallest absolute Gasteiger partial charge is 0.277 e. The minimum Gasteiger partial charge on any atom is -0.338 e. The van der Waals surface area contributed by atoms with E-state index in [1.807, 2.05) is 38.6 Å². The van der Waals surface area contributed by atoms with Crippen LogP contribution >= 0.6 is 11.8 Å². The summed E-state index contributed by atoms with van der Waals surface area (Å²) in [6.45, 7) is 5.47. The van der Waals surface area contributed by atoms with E-state index in [4.69, 9.17) is 0 Å². The van der Waals surface area contributed by atoms with Gasteiger partial charge in [-0.15, -0.1) is 10.2 Å². The number of fused-ring (bicyclic) bond motifs is 1. The number of quaternary nitrogens is 1. The lowest BCUT2D eigenvalue weighted by atomic mass is 10.3. The van der Waals surface area contributed by atoms with Crippen LogP contribution in [0.3, 0.4) is 0 Å². The van der Waals surface area contributed by atoms with Gasteiger partial charge in [-0.1, -0.05) is 17.8 Å². The number of hydrogen-bond donors (Lipinski definition) is 1. The van der Waals surface area contributed by atoms with E-state index in [9.17, 15) is 9.59 Å². The third kappa shape index (κ3) is 4.24. The molecule has 9 heteroatoms. The van der Waals surface area contributed by atoms with Crippen molar-refractivity contribution in [3.05, 3.63) is 24.4 Å². The summed E-state index contributed by atoms with van der Waals surface area (Å²) >= 11 is 1.42. The lowest BCUT2D eigenvalue weighted by Crippen LogP contribution is -3.15. The second kappa shape index (κ2) is 8.26. The van der Waals surface area contributed by atoms with Crippen LogP contribution in [0.25, 0.3) is 5.65 Å². The Bertz CT molecular complexity index is 811. The average molecular weight is 390 g/mol. The predicted molar refractivity (Wildman–Crippen MR) is 102 cm³/mol. The molecule has 0 aromatic carbocycles. The molecule has 0 atom stereocenters. The van der Waals surface area contributed by atoms with Gasteiger partial charge >= 0.3 is 0 Å². The molecule has 0 spiro atoms. The Morgan fingerprint density at radius 2 is 1.74 bits per heavy atom. The number of carbonyl (C=O) groups is 2. The molecular formula is C18H25N6O2S+. The molecule has 2 aromatic rings. The van der Waals surface area contributed by atoms with Crippen molar-refractivity contribution in [1.29, 1.82) is 0 Å². The molecule has 2 saturated heterocycles. The Balaban J connectivity index is 1.23. The molecule has 2 amide bonds. The lowest BCUT2D eigenvalue weighted by molar-refractivity contribution is -0.896. The van der Waals surface area contributed by atoms with Gasteiger partial charge in [-0.05, 0) is 25.0 Å². The number of rotatable bonds is 5. The fourth-order valence-corrected chi connectivity index (χ4v) is 4.50. The normalized spacial score (nSPS) is 18.4. The number of pyridine rings is 1. The SMILES string of the molecule is O=C(CSc1nnc2ccccn12)N1CC[NH+](CC(=O)N2CCCC2)CC1. The van der Waals surface area contributed by atoms with Crippen molar-refractivity contribution in [3.8, 4) is 0 Å². The highest BCUT2D eigenvalue weighted by atomic mass is 32.2. The van der Waals surface area contributed by atoms with Crippen LogP contribution in [0.4, 0.5) is 0 Å². The first kappa shape index (κ1) is 18.2. The first-order valence-corrected chi connectivity index (χ1v) is 10.5. The zero-order chi connectivity index (χ0) is 18.6. The molecule has 144 valence electrons. The number of amides is 2. The molecule has 4 rings (SSSR count). The topological polar surface area (TPSA) is 75.2 Å². The summed E-state index contributed by atoms with van der Waals surface area (Å²) in [5.41, 5.74) is 0.785. The zero-order valence-electron chi connectivity index (χ0n) is 15.3. The molecule has 0 saturated carbocycles. The van der Waals surface area contributed by atoms with Crippen LogP contribution in [0, 0.1) is 0 Å². The first-order chi connectivity index (χ1) is 13.2. The minimum atomic E-state index is 0.123. The van der Waals surface area contributed by atoms with Gasteiger partial charge in [0.25, 0.3) is 5.91 Å². The predicted octanol–water partition coefficient (Wildman–Crippen LogP) is -0.829. The van der Waals surface area contributed by atoms with Crippen LogP contribution in [0.1, 0.15) is 12.8 Å². The van der Waals surface area contributed by atoms with E-state index in [2.05, 4.69) is 10.2 Å². The number of nitrogens with one attached hydrogen (secondary N) is 1. The van der Waals surface area contributed by atoms with E-state index >= 15 is 0 Å². The van der Waals surface area contributed by atoms with E-state index in [-0.39, 0.29) is 11.8 Å². The fraction of sp³-hybridized carbons (Fsp3) is 0.556. The summed E-state index contributed by atoms with van der Waals surface area (Å²) in [5.74, 6) is 0.742. The number of piperazine rings is 1. The van der Waals surface area contributed by atoms with Crippen molar-refractivity contribution in [2.75, 3.05) is 51.6 Å². The second-order valence-corrected chi connectivity index (χ2v) is 8.04. The average Bonchev–Trinajstić information content (AvgIpc) is 3.37. The van der Waals surface area contributed by atoms with Crippen molar-refractivity contribution in [3.63, 3.8) is 0 Å². The third-order valence-electron chi connectivity index (χ3n) is 5.29. The molecule has 0 bridgehead atoms. The molecule has 0 radical (unpaired) electrons. The summed E-state index contributed by atoms with van der Waals surface area (Å²) in [4.78, 5) is 30.0. The maximum Gasteiger partial charge on any atom is 0.277 e. The maximum absolute atomic E-state index is 12.5. The molecule has 8 nitrogen and oxygen atoms in total. The number of hydrogen-bond acceptors (Lipinski definition) is 5. The van der Waals surface area contributed by atoms with Crippen LogP contribution < -0.4 is 4.90 Å². The fourth-order valence-electron chi connectivity index (χ4n) is 3.68. The van der Waals surface area contributed by atoms with E-state index < -0.39 is 0 Å². The summed E-state index contributed by atoms with van der Waals surface area (Å²) in [6.07, 6.45) is 4.16. The van der Waals surface area contributed by atoms with Crippen LogP contribution in [-0.4, -0.2) is 87.8 Å². The number of thioether (sulfide) groups is 1. The van der Waals surface area contributed by atoms with Gasteiger partial charge in [0.15, 0.2) is 17.3 Å². The minimum absolute atomic E-state index is 0.123. The van der Waals surface area contributed by atoms with Gasteiger partial charge in [-0.25, -0.2) is 0 Å². The Morgan fingerprint density at radius 1 is 1.00 bits per heavy atom. The lowest BCUT2D eigenvalue weighted by Gasteiger charge is -2.32. The molecule has 27 heavy (non-hydrogen) atoms. The number of likely N-dealkylation sites (tertiary alicyclic amines) is 1. The Hall–Kier alpha value is -2.13. The van der Waals surface area contributed by atoms with Gasteiger partial charge in [0, 0.05) is 19.3 Å². The Labute approximate surface area is 162 Å². The Morgan fingerprint density at radius 3 is 2.52 bits per heavy atom. The molecular weight excluding hydrogens is 364 g/mol. The monoisotopic (exact) mass is 389 g/mol. The largest absolute Gasteiger partial charge is 0.338 e. The van der Waals surface area contributed by atoms with Crippen molar-refractivity contribution < 1.29 is 14.5 Å². The molecule has 1 N–H and O–H groups in total. The van der Waals surface area contributed by atoms with Crippen molar-refractivity contribution >= 4 is 29.2 Å². The van der Waals surface area contributed by atoms with Crippen molar-refractivity contribution in [2.45, 2.75) is 18.0 Å². The van der Waals surface area contributed by atoms with Gasteiger partial charge in [-0.2, -0.15) is 0 Å². The standard InChI is InChI=1S/C18H24N6O2S/c25-16(22-6-3-4-7-22)13-21-9-11-23(12-10-21)17(26)14-27-18-20-19-15-5-1-2-8-24(15)18/h1-2,5,8H,3-4,6-7,9-14H2/p+1. The quantitative estimate of drug-likeness (QED) is 0.676. The molecule has 2 fully saturated rings.